The molecular formula is C32H37FN10O3. The van der Waals surface area contributed by atoms with Gasteiger partial charge in [0.25, 0.3) is 5.91 Å². The van der Waals surface area contributed by atoms with Gasteiger partial charge in [0.05, 0.1) is 32.0 Å². The molecule has 1 N–H and O–H groups in total. The van der Waals surface area contributed by atoms with E-state index in [1.807, 2.05) is 37.3 Å². The SMILES string of the molecule is Cc1cc(-c2ncnc(Nc3ccc(N4CCN(C5COC5)CC4)cc3)n2)ccc1O[C@H]1CCN(C(=O)c2cn(C)nn2)C[C@H]1F. The number of carbonyl (C=O) groups excluding carboxylic acids is 1. The number of anilines is 3. The first-order valence-corrected chi connectivity index (χ1v) is 15.6. The van der Waals surface area contributed by atoms with Gasteiger partial charge in [-0.3, -0.25) is 14.4 Å². The lowest BCUT2D eigenvalue weighted by Crippen LogP contribution is -2.56. The molecule has 46 heavy (non-hydrogen) atoms. The number of benzene rings is 2. The molecule has 13 nitrogen and oxygen atoms in total. The number of piperidine rings is 1. The van der Waals surface area contributed by atoms with Crippen molar-refractivity contribution in [3.8, 4) is 17.1 Å². The Balaban J connectivity index is 0.943. The van der Waals surface area contributed by atoms with E-state index in [9.17, 15) is 4.79 Å². The van der Waals surface area contributed by atoms with Crippen LogP contribution in [0.25, 0.3) is 11.4 Å². The van der Waals surface area contributed by atoms with Crippen LogP contribution < -0.4 is 15.0 Å². The number of alkyl halides is 1. The second-order valence-electron chi connectivity index (χ2n) is 12.0. The summed E-state index contributed by atoms with van der Waals surface area (Å²) in [5, 5.41) is 10.9. The Labute approximate surface area is 266 Å². The van der Waals surface area contributed by atoms with Gasteiger partial charge in [-0.05, 0) is 55.0 Å². The minimum atomic E-state index is -1.34. The van der Waals surface area contributed by atoms with Crippen LogP contribution >= 0.6 is 0 Å². The smallest absolute Gasteiger partial charge is 0.276 e. The van der Waals surface area contributed by atoms with Crippen LogP contribution in [0.4, 0.5) is 21.7 Å². The molecule has 3 fully saturated rings. The number of piperazine rings is 1. The third-order valence-corrected chi connectivity index (χ3v) is 8.81. The Morgan fingerprint density at radius 3 is 2.52 bits per heavy atom. The number of hydrogen-bond acceptors (Lipinski definition) is 11. The first-order valence-electron chi connectivity index (χ1n) is 15.6. The van der Waals surface area contributed by atoms with E-state index in [1.165, 1.54) is 27.8 Å². The molecule has 7 rings (SSSR count). The van der Waals surface area contributed by atoms with Crippen LogP contribution in [0.15, 0.2) is 55.0 Å². The van der Waals surface area contributed by atoms with Crippen molar-refractivity contribution in [1.82, 2.24) is 39.7 Å². The van der Waals surface area contributed by atoms with Crippen molar-refractivity contribution in [2.45, 2.75) is 31.7 Å². The molecule has 4 aromatic rings. The van der Waals surface area contributed by atoms with Crippen molar-refractivity contribution in [1.29, 1.82) is 0 Å². The molecule has 240 valence electrons. The fourth-order valence-corrected chi connectivity index (χ4v) is 6.05. The van der Waals surface area contributed by atoms with Crippen LogP contribution in [0.2, 0.25) is 0 Å². The van der Waals surface area contributed by atoms with E-state index in [0.717, 1.165) is 56.2 Å². The number of halogens is 1. The monoisotopic (exact) mass is 628 g/mol. The molecule has 0 aliphatic carbocycles. The number of ether oxygens (including phenoxy) is 2. The molecule has 0 saturated carbocycles. The van der Waals surface area contributed by atoms with Gasteiger partial charge in [0, 0.05) is 63.1 Å². The van der Waals surface area contributed by atoms with Crippen molar-refractivity contribution in [3.63, 3.8) is 0 Å². The Bertz CT molecular complexity index is 1670. The summed E-state index contributed by atoms with van der Waals surface area (Å²) in [6, 6.07) is 14.5. The van der Waals surface area contributed by atoms with E-state index in [4.69, 9.17) is 9.47 Å². The summed E-state index contributed by atoms with van der Waals surface area (Å²) in [4.78, 5) is 32.4. The number of nitrogens with one attached hydrogen (secondary N) is 1. The van der Waals surface area contributed by atoms with Crippen molar-refractivity contribution in [2.24, 2.45) is 7.05 Å². The number of aryl methyl sites for hydroxylation is 2. The normalized spacial score (nSPS) is 20.8. The van der Waals surface area contributed by atoms with Crippen molar-refractivity contribution in [2.75, 3.05) is 62.7 Å². The molecule has 0 spiro atoms. The van der Waals surface area contributed by atoms with Gasteiger partial charge in [-0.1, -0.05) is 5.21 Å². The first-order chi connectivity index (χ1) is 22.4. The van der Waals surface area contributed by atoms with Crippen LogP contribution in [0.5, 0.6) is 5.75 Å². The van der Waals surface area contributed by atoms with Crippen LogP contribution in [0.3, 0.4) is 0 Å². The van der Waals surface area contributed by atoms with E-state index < -0.39 is 12.3 Å². The van der Waals surface area contributed by atoms with Gasteiger partial charge >= 0.3 is 0 Å². The molecule has 14 heteroatoms. The largest absolute Gasteiger partial charge is 0.487 e. The summed E-state index contributed by atoms with van der Waals surface area (Å²) in [7, 11) is 1.68. The number of likely N-dealkylation sites (tertiary alicyclic amines) is 1. The minimum Gasteiger partial charge on any atom is -0.487 e. The van der Waals surface area contributed by atoms with Gasteiger partial charge in [0.1, 0.15) is 18.2 Å². The summed E-state index contributed by atoms with van der Waals surface area (Å²) in [6.07, 6.45) is 1.38. The molecule has 5 heterocycles. The third kappa shape index (κ3) is 6.49. The predicted octanol–water partition coefficient (Wildman–Crippen LogP) is 2.87. The summed E-state index contributed by atoms with van der Waals surface area (Å²) < 4.78 is 28.0. The maximum atomic E-state index is 15.1. The number of nitrogens with zero attached hydrogens (tertiary/aromatic N) is 9. The molecule has 2 aromatic heterocycles. The summed E-state index contributed by atoms with van der Waals surface area (Å²) >= 11 is 0. The highest BCUT2D eigenvalue weighted by atomic mass is 19.1. The molecular weight excluding hydrogens is 591 g/mol. The number of amides is 1. The maximum absolute atomic E-state index is 15.1. The summed E-state index contributed by atoms with van der Waals surface area (Å²) in [5.74, 6) is 1.20. The molecule has 2 atom stereocenters. The van der Waals surface area contributed by atoms with Crippen LogP contribution in [-0.2, 0) is 11.8 Å². The third-order valence-electron chi connectivity index (χ3n) is 8.81. The van der Waals surface area contributed by atoms with Gasteiger partial charge in [0.2, 0.25) is 5.95 Å². The van der Waals surface area contributed by atoms with Crippen molar-refractivity contribution in [3.05, 3.63) is 66.2 Å². The molecule has 0 radical (unpaired) electrons. The predicted molar refractivity (Wildman–Crippen MR) is 169 cm³/mol. The average molecular weight is 629 g/mol. The second kappa shape index (κ2) is 13.0. The van der Waals surface area contributed by atoms with Crippen LogP contribution in [-0.4, -0.2) is 116 Å². The van der Waals surface area contributed by atoms with Gasteiger partial charge in [-0.2, -0.15) is 4.98 Å². The van der Waals surface area contributed by atoms with Gasteiger partial charge in [-0.15, -0.1) is 5.10 Å². The topological polar surface area (TPSA) is 127 Å². The van der Waals surface area contributed by atoms with E-state index in [-0.39, 0.29) is 18.1 Å². The molecule has 3 aliphatic rings. The van der Waals surface area contributed by atoms with Crippen LogP contribution in [0, 0.1) is 6.92 Å². The van der Waals surface area contributed by atoms with Crippen LogP contribution in [0.1, 0.15) is 22.5 Å². The molecule has 0 unspecified atom stereocenters. The van der Waals surface area contributed by atoms with E-state index >= 15 is 4.39 Å². The first kappa shape index (κ1) is 30.0. The zero-order valence-corrected chi connectivity index (χ0v) is 25.9. The Morgan fingerprint density at radius 2 is 1.85 bits per heavy atom. The Morgan fingerprint density at radius 1 is 1.04 bits per heavy atom. The highest BCUT2D eigenvalue weighted by molar-refractivity contribution is 5.92. The van der Waals surface area contributed by atoms with E-state index in [2.05, 4.69) is 52.5 Å². The number of carbonyl (C=O) groups is 1. The average Bonchev–Trinajstić information content (AvgIpc) is 3.49. The summed E-state index contributed by atoms with van der Waals surface area (Å²) in [5.41, 5.74) is 3.91. The Kier molecular flexibility index (Phi) is 8.45. The standard InChI is InChI=1S/C32H37FN10O3/c1-21-15-22(3-8-28(21)46-29-9-10-43(16-26(29)33)31(44)27-17-40(2)39-38-27)30-34-20-35-32(37-30)36-23-4-6-24(7-5-23)41-11-13-42(14-12-41)25-18-45-19-25/h3-8,15,17,20,25-26,29H,9-14,16,18-19H2,1-2H3,(H,34,35,36,37)/t26-,29+/m1/s1. The molecule has 2 aromatic carbocycles. The minimum absolute atomic E-state index is 0.0614. The molecule has 1 amide bonds. The number of rotatable bonds is 8. The zero-order chi connectivity index (χ0) is 31.6. The summed E-state index contributed by atoms with van der Waals surface area (Å²) in [6.45, 7) is 8.04. The maximum Gasteiger partial charge on any atom is 0.276 e. The number of hydrogen-bond donors (Lipinski definition) is 1. The lowest BCUT2D eigenvalue weighted by molar-refractivity contribution is -0.0660. The molecule has 3 aliphatic heterocycles. The fraction of sp³-hybridized carbons (Fsp3) is 0.438. The Hall–Kier alpha value is -4.69. The van der Waals surface area contributed by atoms with Crippen molar-refractivity contribution >= 4 is 23.2 Å². The van der Waals surface area contributed by atoms with Crippen molar-refractivity contribution < 1.29 is 18.7 Å². The van der Waals surface area contributed by atoms with E-state index in [1.54, 1.807) is 7.05 Å². The lowest BCUT2D eigenvalue weighted by atomic mass is 10.0. The lowest BCUT2D eigenvalue weighted by Gasteiger charge is -2.43. The number of aromatic nitrogens is 6. The zero-order valence-electron chi connectivity index (χ0n) is 25.9. The highest BCUT2D eigenvalue weighted by Crippen LogP contribution is 2.29. The van der Waals surface area contributed by atoms with Gasteiger partial charge < -0.3 is 24.6 Å². The molecule has 0 bridgehead atoms. The highest BCUT2D eigenvalue weighted by Gasteiger charge is 2.34. The fourth-order valence-electron chi connectivity index (χ4n) is 6.05. The van der Waals surface area contributed by atoms with Gasteiger partial charge in [-0.25, -0.2) is 14.4 Å². The van der Waals surface area contributed by atoms with Gasteiger partial charge in [0.15, 0.2) is 17.7 Å². The second-order valence-corrected chi connectivity index (χ2v) is 12.0. The van der Waals surface area contributed by atoms with E-state index in [0.29, 0.717) is 36.5 Å². The quantitative estimate of drug-likeness (QED) is 0.310. The molecule has 3 saturated heterocycles.